The van der Waals surface area contributed by atoms with Crippen molar-refractivity contribution in [3.63, 3.8) is 0 Å². The first-order valence-electron chi connectivity index (χ1n) is 8.22. The monoisotopic (exact) mass is 364 g/mol. The van der Waals surface area contributed by atoms with Gasteiger partial charge in [-0.3, -0.25) is 4.79 Å². The fraction of sp³-hybridized carbons (Fsp3) is 0.143. The van der Waals surface area contributed by atoms with Crippen LogP contribution < -0.4 is 4.90 Å². The highest BCUT2D eigenvalue weighted by Crippen LogP contribution is 2.25. The maximum Gasteiger partial charge on any atom is 0.237 e. The van der Waals surface area contributed by atoms with Gasteiger partial charge in [0.2, 0.25) is 5.91 Å². The first-order valence-corrected chi connectivity index (χ1v) is 9.21. The van der Waals surface area contributed by atoms with Crippen LogP contribution in [0.2, 0.25) is 0 Å². The van der Waals surface area contributed by atoms with Crippen LogP contribution in [0.4, 0.5) is 10.1 Å². The lowest BCUT2D eigenvalue weighted by Crippen LogP contribution is -2.34. The van der Waals surface area contributed by atoms with Gasteiger partial charge in [0.1, 0.15) is 5.82 Å². The lowest BCUT2D eigenvalue weighted by Gasteiger charge is -2.22. The Morgan fingerprint density at radius 3 is 2.54 bits per heavy atom. The maximum atomic E-state index is 14.1. The molecule has 3 aromatic carbocycles. The number of benzene rings is 3. The Hall–Kier alpha value is -2.84. The van der Waals surface area contributed by atoms with E-state index >= 15 is 0 Å². The van der Waals surface area contributed by atoms with Gasteiger partial charge in [-0.25, -0.2) is 4.39 Å². The lowest BCUT2D eigenvalue weighted by molar-refractivity contribution is -0.116. The number of nitriles is 1. The van der Waals surface area contributed by atoms with Crippen LogP contribution in [-0.4, -0.2) is 18.2 Å². The highest BCUT2D eigenvalue weighted by atomic mass is 32.2. The molecule has 0 heterocycles. The molecule has 26 heavy (non-hydrogen) atoms. The number of fused-ring (bicyclic) bond motifs is 1. The first kappa shape index (κ1) is 18.0. The molecule has 130 valence electrons. The fourth-order valence-electron chi connectivity index (χ4n) is 2.69. The number of thioether (sulfide) groups is 1. The zero-order valence-corrected chi connectivity index (χ0v) is 14.9. The molecule has 0 atom stereocenters. The standard InChI is InChI=1S/C21H17FN2OS/c22-19-8-3-4-9-20(19)24(13-5-12-23)21(25)15-26-18-11-10-16-6-1-2-7-17(16)14-18/h1-4,6-11,14H,5,13,15H2. The third-order valence-electron chi connectivity index (χ3n) is 3.97. The number of rotatable bonds is 6. The number of carbonyl (C=O) groups is 1. The molecule has 0 N–H and O–H groups in total. The van der Waals surface area contributed by atoms with Gasteiger partial charge in [-0.2, -0.15) is 5.26 Å². The highest BCUT2D eigenvalue weighted by Gasteiger charge is 2.18. The molecule has 0 radical (unpaired) electrons. The van der Waals surface area contributed by atoms with Gasteiger partial charge in [-0.15, -0.1) is 11.8 Å². The normalized spacial score (nSPS) is 10.5. The minimum atomic E-state index is -0.463. The van der Waals surface area contributed by atoms with Crippen LogP contribution in [0.15, 0.2) is 71.6 Å². The smallest absolute Gasteiger partial charge is 0.237 e. The molecule has 0 saturated heterocycles. The molecule has 3 nitrogen and oxygen atoms in total. The minimum absolute atomic E-state index is 0.153. The van der Waals surface area contributed by atoms with Gasteiger partial charge >= 0.3 is 0 Å². The summed E-state index contributed by atoms with van der Waals surface area (Å²) in [7, 11) is 0. The SMILES string of the molecule is N#CCCN(C(=O)CSc1ccc2ccccc2c1)c1ccccc1F. The predicted molar refractivity (Wildman–Crippen MR) is 104 cm³/mol. The Kier molecular flexibility index (Phi) is 5.88. The molecule has 3 aromatic rings. The van der Waals surface area contributed by atoms with Crippen LogP contribution in [0.1, 0.15) is 6.42 Å². The third-order valence-corrected chi connectivity index (χ3v) is 4.95. The van der Waals surface area contributed by atoms with Crippen LogP contribution in [0.3, 0.4) is 0 Å². The van der Waals surface area contributed by atoms with E-state index in [2.05, 4.69) is 0 Å². The molecular weight excluding hydrogens is 347 g/mol. The van der Waals surface area contributed by atoms with Gasteiger partial charge in [0.05, 0.1) is 23.9 Å². The Balaban J connectivity index is 1.74. The van der Waals surface area contributed by atoms with E-state index in [4.69, 9.17) is 5.26 Å². The van der Waals surface area contributed by atoms with Crippen LogP contribution in [0, 0.1) is 17.1 Å². The molecule has 0 unspecified atom stereocenters. The molecule has 1 amide bonds. The average Bonchev–Trinajstić information content (AvgIpc) is 2.67. The van der Waals surface area contributed by atoms with Gasteiger partial charge in [-0.05, 0) is 35.0 Å². The number of hydrogen-bond donors (Lipinski definition) is 0. The van der Waals surface area contributed by atoms with Crippen molar-refractivity contribution < 1.29 is 9.18 Å². The van der Waals surface area contributed by atoms with E-state index < -0.39 is 5.82 Å². The van der Waals surface area contributed by atoms with Gasteiger partial charge in [0.15, 0.2) is 0 Å². The number of para-hydroxylation sites is 1. The first-order chi connectivity index (χ1) is 12.7. The lowest BCUT2D eigenvalue weighted by atomic mass is 10.1. The Morgan fingerprint density at radius 1 is 1.04 bits per heavy atom. The largest absolute Gasteiger partial charge is 0.308 e. The van der Waals surface area contributed by atoms with Crippen molar-refractivity contribution in [2.75, 3.05) is 17.2 Å². The van der Waals surface area contributed by atoms with E-state index in [0.717, 1.165) is 15.7 Å². The molecule has 0 saturated carbocycles. The summed E-state index contributed by atoms with van der Waals surface area (Å²) >= 11 is 1.41. The summed E-state index contributed by atoms with van der Waals surface area (Å²) in [5, 5.41) is 11.1. The van der Waals surface area contributed by atoms with E-state index in [9.17, 15) is 9.18 Å². The molecular formula is C21H17FN2OS. The molecule has 0 spiro atoms. The molecule has 5 heteroatoms. The summed E-state index contributed by atoms with van der Waals surface area (Å²) in [5.41, 5.74) is 0.215. The topological polar surface area (TPSA) is 44.1 Å². The summed E-state index contributed by atoms with van der Waals surface area (Å²) in [5.74, 6) is -0.504. The van der Waals surface area contributed by atoms with Crippen molar-refractivity contribution in [2.24, 2.45) is 0 Å². The van der Waals surface area contributed by atoms with E-state index in [1.807, 2.05) is 48.5 Å². The third kappa shape index (κ3) is 4.22. The summed E-state index contributed by atoms with van der Waals surface area (Å²) < 4.78 is 14.1. The second kappa shape index (κ2) is 8.50. The van der Waals surface area contributed by atoms with E-state index in [1.54, 1.807) is 18.2 Å². The van der Waals surface area contributed by atoms with Crippen molar-refractivity contribution in [3.8, 4) is 6.07 Å². The quantitative estimate of drug-likeness (QED) is 0.577. The Bertz CT molecular complexity index is 967. The highest BCUT2D eigenvalue weighted by molar-refractivity contribution is 8.00. The number of hydrogen-bond acceptors (Lipinski definition) is 3. The fourth-order valence-corrected chi connectivity index (χ4v) is 3.51. The van der Waals surface area contributed by atoms with Crippen LogP contribution in [-0.2, 0) is 4.79 Å². The summed E-state index contributed by atoms with van der Waals surface area (Å²) in [6.07, 6.45) is 0.153. The van der Waals surface area contributed by atoms with E-state index in [0.29, 0.717) is 0 Å². The van der Waals surface area contributed by atoms with Crippen LogP contribution in [0.5, 0.6) is 0 Å². The van der Waals surface area contributed by atoms with Crippen molar-refractivity contribution >= 4 is 34.1 Å². The molecule has 0 aliphatic heterocycles. The summed E-state index contributed by atoms with van der Waals surface area (Å²) in [6.45, 7) is 0.175. The second-order valence-corrected chi connectivity index (χ2v) is 6.75. The molecule has 3 rings (SSSR count). The van der Waals surface area contributed by atoms with Crippen molar-refractivity contribution in [2.45, 2.75) is 11.3 Å². The maximum absolute atomic E-state index is 14.1. The van der Waals surface area contributed by atoms with Crippen LogP contribution in [0.25, 0.3) is 10.8 Å². The van der Waals surface area contributed by atoms with Crippen molar-refractivity contribution in [1.29, 1.82) is 5.26 Å². The summed E-state index contributed by atoms with van der Waals surface area (Å²) in [6, 6.07) is 22.2. The number of halogens is 1. The minimum Gasteiger partial charge on any atom is -0.308 e. The molecule has 0 aromatic heterocycles. The Labute approximate surface area is 156 Å². The molecule has 0 aliphatic carbocycles. The zero-order valence-electron chi connectivity index (χ0n) is 14.1. The van der Waals surface area contributed by atoms with Gasteiger partial charge in [0.25, 0.3) is 0 Å². The Morgan fingerprint density at radius 2 is 1.77 bits per heavy atom. The van der Waals surface area contributed by atoms with Gasteiger partial charge < -0.3 is 4.90 Å². The number of carbonyl (C=O) groups excluding carboxylic acids is 1. The van der Waals surface area contributed by atoms with E-state index in [-0.39, 0.29) is 30.3 Å². The predicted octanol–water partition coefficient (Wildman–Crippen LogP) is 5.02. The number of nitrogens with zero attached hydrogens (tertiary/aromatic N) is 2. The second-order valence-electron chi connectivity index (χ2n) is 5.70. The van der Waals surface area contributed by atoms with Crippen LogP contribution >= 0.6 is 11.8 Å². The molecule has 0 aliphatic rings. The number of anilines is 1. The van der Waals surface area contributed by atoms with Gasteiger partial charge in [0, 0.05) is 11.4 Å². The molecule has 0 bridgehead atoms. The molecule has 0 fully saturated rings. The number of amides is 1. The van der Waals surface area contributed by atoms with Crippen molar-refractivity contribution in [1.82, 2.24) is 0 Å². The summed E-state index contributed by atoms with van der Waals surface area (Å²) in [4.78, 5) is 15.0. The average molecular weight is 364 g/mol. The zero-order chi connectivity index (χ0) is 18.4. The van der Waals surface area contributed by atoms with Gasteiger partial charge in [-0.1, -0.05) is 42.5 Å². The van der Waals surface area contributed by atoms with E-state index in [1.165, 1.54) is 22.7 Å². The van der Waals surface area contributed by atoms with Crippen molar-refractivity contribution in [3.05, 3.63) is 72.5 Å².